The third kappa shape index (κ3) is 3.11. The van der Waals surface area contributed by atoms with Crippen LogP contribution in [0, 0.1) is 12.7 Å². The molecule has 4 rings (SSSR count). The summed E-state index contributed by atoms with van der Waals surface area (Å²) in [4.78, 5) is 12.6. The first kappa shape index (κ1) is 16.1. The van der Waals surface area contributed by atoms with Crippen LogP contribution in [0.2, 0.25) is 0 Å². The standard InChI is InChI=1S/C21H15FO4/c1-13-9-17(25-12-14-4-6-15(22)7-5-14)11-18-20(13)21(23)19(26-18)10-16-3-2-8-24-16/h2-11H,12H2,1H3/b19-10-. The predicted molar refractivity (Wildman–Crippen MR) is 93.6 cm³/mol. The Kier molecular flexibility index (Phi) is 4.05. The molecule has 2 aromatic carbocycles. The fraction of sp³-hybridized carbons (Fsp3) is 0.0952. The summed E-state index contributed by atoms with van der Waals surface area (Å²) in [6, 6.07) is 13.1. The SMILES string of the molecule is Cc1cc(OCc2ccc(F)cc2)cc2c1C(=O)/C(=C/c1ccco1)O2. The topological polar surface area (TPSA) is 48.7 Å². The molecule has 0 fully saturated rings. The zero-order valence-corrected chi connectivity index (χ0v) is 14.0. The Labute approximate surface area is 149 Å². The molecule has 0 aliphatic carbocycles. The molecule has 26 heavy (non-hydrogen) atoms. The number of ether oxygens (including phenoxy) is 2. The molecule has 1 aromatic heterocycles. The van der Waals surface area contributed by atoms with Crippen molar-refractivity contribution in [3.8, 4) is 11.5 Å². The molecule has 130 valence electrons. The number of rotatable bonds is 4. The summed E-state index contributed by atoms with van der Waals surface area (Å²) in [5.41, 5.74) is 2.14. The number of benzene rings is 2. The molecule has 0 saturated heterocycles. The second-order valence-electron chi connectivity index (χ2n) is 5.98. The zero-order chi connectivity index (χ0) is 18.1. The first-order valence-electron chi connectivity index (χ1n) is 8.10. The highest BCUT2D eigenvalue weighted by molar-refractivity contribution is 6.15. The van der Waals surface area contributed by atoms with Crippen LogP contribution < -0.4 is 9.47 Å². The van der Waals surface area contributed by atoms with Gasteiger partial charge in [-0.3, -0.25) is 4.79 Å². The number of hydrogen-bond acceptors (Lipinski definition) is 4. The predicted octanol–water partition coefficient (Wildman–Crippen LogP) is 4.92. The van der Waals surface area contributed by atoms with Crippen LogP contribution in [-0.4, -0.2) is 5.78 Å². The van der Waals surface area contributed by atoms with Gasteiger partial charge >= 0.3 is 0 Å². The second kappa shape index (κ2) is 6.52. The maximum atomic E-state index is 13.0. The van der Waals surface area contributed by atoms with Crippen molar-refractivity contribution in [2.24, 2.45) is 0 Å². The van der Waals surface area contributed by atoms with Crippen molar-refractivity contribution >= 4 is 11.9 Å². The highest BCUT2D eigenvalue weighted by Crippen LogP contribution is 2.37. The Hall–Kier alpha value is -3.34. The summed E-state index contributed by atoms with van der Waals surface area (Å²) < 4.78 is 29.7. The number of Topliss-reactive ketones (excluding diaryl/α,β-unsaturated/α-hetero) is 1. The van der Waals surface area contributed by atoms with Crippen LogP contribution in [0.4, 0.5) is 4.39 Å². The number of allylic oxidation sites excluding steroid dienone is 1. The second-order valence-corrected chi connectivity index (χ2v) is 5.98. The number of carbonyl (C=O) groups excluding carboxylic acids is 1. The van der Waals surface area contributed by atoms with Crippen LogP contribution in [0.3, 0.4) is 0 Å². The van der Waals surface area contributed by atoms with Crippen LogP contribution in [0.5, 0.6) is 11.5 Å². The van der Waals surface area contributed by atoms with E-state index < -0.39 is 0 Å². The van der Waals surface area contributed by atoms with Crippen molar-refractivity contribution in [2.75, 3.05) is 0 Å². The van der Waals surface area contributed by atoms with E-state index in [1.54, 1.807) is 42.5 Å². The van der Waals surface area contributed by atoms with Crippen molar-refractivity contribution in [1.29, 1.82) is 0 Å². The lowest BCUT2D eigenvalue weighted by molar-refractivity contribution is 0.101. The Morgan fingerprint density at radius 1 is 1.15 bits per heavy atom. The number of aryl methyl sites for hydroxylation is 1. The molecule has 0 radical (unpaired) electrons. The van der Waals surface area contributed by atoms with Gasteiger partial charge in [-0.2, -0.15) is 0 Å². The van der Waals surface area contributed by atoms with E-state index in [9.17, 15) is 9.18 Å². The maximum Gasteiger partial charge on any atom is 0.232 e. The van der Waals surface area contributed by atoms with E-state index in [4.69, 9.17) is 13.9 Å². The average Bonchev–Trinajstić information content (AvgIpc) is 3.23. The fourth-order valence-corrected chi connectivity index (χ4v) is 2.81. The molecule has 0 N–H and O–H groups in total. The molecule has 1 aliphatic heterocycles. The third-order valence-electron chi connectivity index (χ3n) is 4.08. The quantitative estimate of drug-likeness (QED) is 0.627. The zero-order valence-electron chi connectivity index (χ0n) is 14.0. The third-order valence-corrected chi connectivity index (χ3v) is 4.08. The van der Waals surface area contributed by atoms with Gasteiger partial charge in [0.05, 0.1) is 11.8 Å². The Bertz CT molecular complexity index is 986. The summed E-state index contributed by atoms with van der Waals surface area (Å²) in [6.45, 7) is 2.13. The van der Waals surface area contributed by atoms with E-state index in [1.807, 2.05) is 6.92 Å². The van der Waals surface area contributed by atoms with Crippen molar-refractivity contribution < 1.29 is 23.1 Å². The molecule has 0 bridgehead atoms. The van der Waals surface area contributed by atoms with Crippen LogP contribution in [0.1, 0.15) is 27.2 Å². The molecule has 0 unspecified atom stereocenters. The largest absolute Gasteiger partial charge is 0.489 e. The number of fused-ring (bicyclic) bond motifs is 1. The molecule has 1 aliphatic rings. The number of carbonyl (C=O) groups is 1. The molecule has 0 spiro atoms. The van der Waals surface area contributed by atoms with Crippen molar-refractivity contribution in [3.63, 3.8) is 0 Å². The molecule has 0 amide bonds. The van der Waals surface area contributed by atoms with Crippen molar-refractivity contribution in [2.45, 2.75) is 13.5 Å². The van der Waals surface area contributed by atoms with Crippen LogP contribution >= 0.6 is 0 Å². The van der Waals surface area contributed by atoms with Gasteiger partial charge < -0.3 is 13.9 Å². The van der Waals surface area contributed by atoms with Gasteiger partial charge in [-0.25, -0.2) is 4.39 Å². The Morgan fingerprint density at radius 3 is 2.69 bits per heavy atom. The van der Waals surface area contributed by atoms with Gasteiger partial charge in [0.2, 0.25) is 5.78 Å². The molecule has 3 aromatic rings. The summed E-state index contributed by atoms with van der Waals surface area (Å²) in [5, 5.41) is 0. The number of halogens is 1. The molecule has 0 atom stereocenters. The normalized spacial score (nSPS) is 14.4. The van der Waals surface area contributed by atoms with Crippen molar-refractivity contribution in [3.05, 3.63) is 88.8 Å². The van der Waals surface area contributed by atoms with Gasteiger partial charge in [-0.05, 0) is 48.4 Å². The minimum Gasteiger partial charge on any atom is -0.489 e. The highest BCUT2D eigenvalue weighted by atomic mass is 19.1. The van der Waals surface area contributed by atoms with Crippen LogP contribution in [0.25, 0.3) is 6.08 Å². The van der Waals surface area contributed by atoms with E-state index in [0.29, 0.717) is 29.4 Å². The van der Waals surface area contributed by atoms with Crippen LogP contribution in [-0.2, 0) is 6.61 Å². The molecular weight excluding hydrogens is 335 g/mol. The summed E-state index contributed by atoms with van der Waals surface area (Å²) >= 11 is 0. The van der Waals surface area contributed by atoms with E-state index >= 15 is 0 Å². The Balaban J connectivity index is 1.56. The summed E-state index contributed by atoms with van der Waals surface area (Å²) in [5.74, 6) is 1.34. The highest BCUT2D eigenvalue weighted by Gasteiger charge is 2.30. The average molecular weight is 350 g/mol. The van der Waals surface area contributed by atoms with Gasteiger partial charge in [-0.15, -0.1) is 0 Å². The van der Waals surface area contributed by atoms with Gasteiger partial charge in [0, 0.05) is 12.1 Å². The minimum atomic E-state index is -0.287. The van der Waals surface area contributed by atoms with E-state index in [2.05, 4.69) is 0 Å². The maximum absolute atomic E-state index is 13.0. The number of ketones is 1. The first-order chi connectivity index (χ1) is 12.6. The minimum absolute atomic E-state index is 0.181. The monoisotopic (exact) mass is 350 g/mol. The van der Waals surface area contributed by atoms with Gasteiger partial charge in [0.1, 0.15) is 29.7 Å². The fourth-order valence-electron chi connectivity index (χ4n) is 2.81. The van der Waals surface area contributed by atoms with E-state index in [1.165, 1.54) is 18.4 Å². The lowest BCUT2D eigenvalue weighted by atomic mass is 10.0. The van der Waals surface area contributed by atoms with E-state index in [0.717, 1.165) is 11.1 Å². The van der Waals surface area contributed by atoms with Gasteiger partial charge in [0.25, 0.3) is 0 Å². The summed E-state index contributed by atoms with van der Waals surface area (Å²) in [6.07, 6.45) is 3.10. The first-order valence-corrected chi connectivity index (χ1v) is 8.10. The lowest BCUT2D eigenvalue weighted by Gasteiger charge is -2.09. The van der Waals surface area contributed by atoms with Crippen LogP contribution in [0.15, 0.2) is 65.0 Å². The summed E-state index contributed by atoms with van der Waals surface area (Å²) in [7, 11) is 0. The Morgan fingerprint density at radius 2 is 1.96 bits per heavy atom. The van der Waals surface area contributed by atoms with Gasteiger partial charge in [0.15, 0.2) is 5.76 Å². The number of furan rings is 1. The smallest absolute Gasteiger partial charge is 0.232 e. The lowest BCUT2D eigenvalue weighted by Crippen LogP contribution is -2.00. The van der Waals surface area contributed by atoms with Gasteiger partial charge in [-0.1, -0.05) is 12.1 Å². The molecular formula is C21H15FO4. The number of hydrogen-bond donors (Lipinski definition) is 0. The van der Waals surface area contributed by atoms with E-state index in [-0.39, 0.29) is 17.4 Å². The van der Waals surface area contributed by atoms with Crippen molar-refractivity contribution in [1.82, 2.24) is 0 Å². The molecule has 0 saturated carbocycles. The molecule has 5 heteroatoms. The molecule has 2 heterocycles. The molecule has 4 nitrogen and oxygen atoms in total.